The molecule has 2 rings (SSSR count). The molecular weight excluding hydrogens is 162 g/mol. The highest BCUT2D eigenvalue weighted by molar-refractivity contribution is 5.52. The monoisotopic (exact) mass is 172 g/mol. The molecule has 0 saturated heterocycles. The van der Waals surface area contributed by atoms with Crippen molar-refractivity contribution in [3.8, 4) is 11.4 Å². The first-order valence-electron chi connectivity index (χ1n) is 4.09. The van der Waals surface area contributed by atoms with E-state index < -0.39 is 0 Å². The van der Waals surface area contributed by atoms with Crippen molar-refractivity contribution >= 4 is 0 Å². The maximum Gasteiger partial charge on any atom is 0.169 e. The molecule has 0 bridgehead atoms. The van der Waals surface area contributed by atoms with Gasteiger partial charge in [0.1, 0.15) is 7.05 Å². The summed E-state index contributed by atoms with van der Waals surface area (Å²) in [6.07, 6.45) is 7.45. The topological polar surface area (TPSA) is 29.7 Å². The number of rotatable bonds is 1. The highest BCUT2D eigenvalue weighted by Crippen LogP contribution is 2.09. The normalized spacial score (nSPS) is 9.92. The molecule has 0 unspecified atom stereocenters. The predicted molar refractivity (Wildman–Crippen MR) is 48.6 cm³/mol. The molecule has 0 aliphatic carbocycles. The van der Waals surface area contributed by atoms with E-state index in [0.717, 1.165) is 11.4 Å². The standard InChI is InChI=1S/C10H10N3/c1-13-7-3-9(4-8-13)10-11-5-2-6-12-10/h2-8H,1H3/q+1. The lowest BCUT2D eigenvalue weighted by Gasteiger charge is -1.95. The van der Waals surface area contributed by atoms with Crippen molar-refractivity contribution in [1.29, 1.82) is 0 Å². The Kier molecular flexibility index (Phi) is 2.00. The van der Waals surface area contributed by atoms with Crippen molar-refractivity contribution in [3.05, 3.63) is 43.0 Å². The Balaban J connectivity index is 2.42. The third kappa shape index (κ3) is 1.69. The molecule has 64 valence electrons. The van der Waals surface area contributed by atoms with Gasteiger partial charge in [0.2, 0.25) is 0 Å². The molecule has 0 radical (unpaired) electrons. The lowest BCUT2D eigenvalue weighted by molar-refractivity contribution is -0.671. The van der Waals surface area contributed by atoms with Gasteiger partial charge in [0, 0.05) is 30.1 Å². The quantitative estimate of drug-likeness (QED) is 0.600. The molecule has 0 amide bonds. The first-order valence-corrected chi connectivity index (χ1v) is 4.09. The van der Waals surface area contributed by atoms with Crippen molar-refractivity contribution in [2.45, 2.75) is 0 Å². The van der Waals surface area contributed by atoms with Gasteiger partial charge in [-0.15, -0.1) is 0 Å². The Morgan fingerprint density at radius 3 is 2.31 bits per heavy atom. The van der Waals surface area contributed by atoms with Gasteiger partial charge in [-0.1, -0.05) is 0 Å². The fraction of sp³-hybridized carbons (Fsp3) is 0.100. The van der Waals surface area contributed by atoms with E-state index in [2.05, 4.69) is 9.97 Å². The summed E-state index contributed by atoms with van der Waals surface area (Å²) in [4.78, 5) is 8.32. The number of pyridine rings is 1. The molecular formula is C10H10N3+. The molecule has 0 fully saturated rings. The molecule has 3 heteroatoms. The number of aromatic nitrogens is 3. The molecule has 2 heterocycles. The number of hydrogen-bond acceptors (Lipinski definition) is 2. The van der Waals surface area contributed by atoms with Crippen molar-refractivity contribution < 1.29 is 4.57 Å². The van der Waals surface area contributed by atoms with Crippen molar-refractivity contribution in [3.63, 3.8) is 0 Å². The maximum atomic E-state index is 4.16. The van der Waals surface area contributed by atoms with Gasteiger partial charge in [-0.05, 0) is 6.07 Å². The summed E-state index contributed by atoms with van der Waals surface area (Å²) in [5, 5.41) is 0. The maximum absolute atomic E-state index is 4.16. The van der Waals surface area contributed by atoms with Gasteiger partial charge in [-0.2, -0.15) is 0 Å². The summed E-state index contributed by atoms with van der Waals surface area (Å²) in [6, 6.07) is 5.80. The highest BCUT2D eigenvalue weighted by Gasteiger charge is 2.00. The van der Waals surface area contributed by atoms with E-state index in [1.807, 2.05) is 42.2 Å². The van der Waals surface area contributed by atoms with Crippen LogP contribution in [-0.4, -0.2) is 9.97 Å². The van der Waals surface area contributed by atoms with Gasteiger partial charge in [-0.3, -0.25) is 0 Å². The Bertz CT molecular complexity index is 381. The van der Waals surface area contributed by atoms with Gasteiger partial charge in [-0.25, -0.2) is 14.5 Å². The minimum Gasteiger partial charge on any atom is -0.237 e. The van der Waals surface area contributed by atoms with E-state index in [-0.39, 0.29) is 0 Å². The molecule has 2 aromatic heterocycles. The van der Waals surface area contributed by atoms with Crippen LogP contribution in [0.2, 0.25) is 0 Å². The molecule has 0 aliphatic heterocycles. The number of aryl methyl sites for hydroxylation is 1. The first-order chi connectivity index (χ1) is 6.36. The summed E-state index contributed by atoms with van der Waals surface area (Å²) >= 11 is 0. The van der Waals surface area contributed by atoms with E-state index in [1.165, 1.54) is 0 Å². The molecule has 0 atom stereocenters. The molecule has 0 spiro atoms. The minimum absolute atomic E-state index is 0.767. The van der Waals surface area contributed by atoms with Crippen LogP contribution < -0.4 is 4.57 Å². The summed E-state index contributed by atoms with van der Waals surface area (Å²) in [5.74, 6) is 0.767. The summed E-state index contributed by atoms with van der Waals surface area (Å²) in [5.41, 5.74) is 1.04. The van der Waals surface area contributed by atoms with E-state index in [1.54, 1.807) is 12.4 Å². The lowest BCUT2D eigenvalue weighted by atomic mass is 10.2. The van der Waals surface area contributed by atoms with Crippen LogP contribution in [0.3, 0.4) is 0 Å². The summed E-state index contributed by atoms with van der Waals surface area (Å²) in [7, 11) is 1.98. The molecule has 0 aromatic carbocycles. The molecule has 0 saturated carbocycles. The molecule has 3 nitrogen and oxygen atoms in total. The van der Waals surface area contributed by atoms with Crippen molar-refractivity contribution in [2.75, 3.05) is 0 Å². The van der Waals surface area contributed by atoms with Crippen molar-refractivity contribution in [1.82, 2.24) is 9.97 Å². The average molecular weight is 172 g/mol. The van der Waals surface area contributed by atoms with E-state index in [0.29, 0.717) is 0 Å². The van der Waals surface area contributed by atoms with Gasteiger partial charge in [0.15, 0.2) is 18.2 Å². The number of hydrogen-bond donors (Lipinski definition) is 0. The van der Waals surface area contributed by atoms with Crippen LogP contribution in [-0.2, 0) is 7.05 Å². The van der Waals surface area contributed by atoms with E-state index in [4.69, 9.17) is 0 Å². The molecule has 2 aromatic rings. The third-order valence-electron chi connectivity index (χ3n) is 1.80. The van der Waals surface area contributed by atoms with Crippen molar-refractivity contribution in [2.24, 2.45) is 7.05 Å². The van der Waals surface area contributed by atoms with Crippen LogP contribution in [0.4, 0.5) is 0 Å². The van der Waals surface area contributed by atoms with Crippen LogP contribution in [0, 0.1) is 0 Å². The fourth-order valence-electron chi connectivity index (χ4n) is 1.10. The second kappa shape index (κ2) is 3.31. The Labute approximate surface area is 76.7 Å². The molecule has 13 heavy (non-hydrogen) atoms. The number of nitrogens with zero attached hydrogens (tertiary/aromatic N) is 3. The second-order valence-corrected chi connectivity index (χ2v) is 2.82. The zero-order valence-electron chi connectivity index (χ0n) is 7.38. The Hall–Kier alpha value is -1.77. The average Bonchev–Trinajstić information content (AvgIpc) is 2.20. The molecule has 0 N–H and O–H groups in total. The fourth-order valence-corrected chi connectivity index (χ4v) is 1.10. The minimum atomic E-state index is 0.767. The third-order valence-corrected chi connectivity index (χ3v) is 1.80. The smallest absolute Gasteiger partial charge is 0.169 e. The Morgan fingerprint density at radius 1 is 1.08 bits per heavy atom. The zero-order valence-corrected chi connectivity index (χ0v) is 7.38. The summed E-state index contributed by atoms with van der Waals surface area (Å²) < 4.78 is 1.98. The first kappa shape index (κ1) is 7.86. The zero-order chi connectivity index (χ0) is 9.10. The van der Waals surface area contributed by atoms with E-state index >= 15 is 0 Å². The van der Waals surface area contributed by atoms with Crippen LogP contribution in [0.25, 0.3) is 11.4 Å². The van der Waals surface area contributed by atoms with Crippen LogP contribution >= 0.6 is 0 Å². The summed E-state index contributed by atoms with van der Waals surface area (Å²) in [6.45, 7) is 0. The highest BCUT2D eigenvalue weighted by atomic mass is 14.9. The molecule has 0 aliphatic rings. The van der Waals surface area contributed by atoms with Gasteiger partial charge >= 0.3 is 0 Å². The van der Waals surface area contributed by atoms with Gasteiger partial charge in [0.05, 0.1) is 0 Å². The van der Waals surface area contributed by atoms with Crippen LogP contribution in [0.15, 0.2) is 43.0 Å². The van der Waals surface area contributed by atoms with E-state index in [9.17, 15) is 0 Å². The van der Waals surface area contributed by atoms with Crippen LogP contribution in [0.1, 0.15) is 0 Å². The largest absolute Gasteiger partial charge is 0.237 e. The second-order valence-electron chi connectivity index (χ2n) is 2.82. The van der Waals surface area contributed by atoms with Crippen LogP contribution in [0.5, 0.6) is 0 Å². The SMILES string of the molecule is C[n+]1ccc(-c2ncccn2)cc1. The lowest BCUT2D eigenvalue weighted by Crippen LogP contribution is -2.25. The Morgan fingerprint density at radius 2 is 1.69 bits per heavy atom. The predicted octanol–water partition coefficient (Wildman–Crippen LogP) is 0.968. The van der Waals surface area contributed by atoms with Gasteiger partial charge in [0.25, 0.3) is 0 Å². The van der Waals surface area contributed by atoms with Gasteiger partial charge < -0.3 is 0 Å².